The molecule has 1 aliphatic carbocycles. The number of nitro groups is 1. The Morgan fingerprint density at radius 3 is 2.42 bits per heavy atom. The minimum atomic E-state index is -1.43. The summed E-state index contributed by atoms with van der Waals surface area (Å²) in [6, 6.07) is 15.5. The molecule has 2 aromatic carbocycles. The van der Waals surface area contributed by atoms with Crippen LogP contribution in [0.1, 0.15) is 44.2 Å². The second-order valence-electron chi connectivity index (χ2n) is 8.24. The van der Waals surface area contributed by atoms with Gasteiger partial charge in [0, 0.05) is 42.3 Å². The fourth-order valence-electron chi connectivity index (χ4n) is 4.53. The van der Waals surface area contributed by atoms with Crippen LogP contribution in [0.4, 0.5) is 5.69 Å². The highest BCUT2D eigenvalue weighted by atomic mass is 16.6. The molecular weight excluding hydrogens is 396 g/mol. The maximum atomic E-state index is 12.8. The zero-order valence-corrected chi connectivity index (χ0v) is 17.8. The average molecular weight is 422 g/mol. The van der Waals surface area contributed by atoms with Crippen LogP contribution in [0.15, 0.2) is 65.9 Å². The highest BCUT2D eigenvalue weighted by molar-refractivity contribution is 5.98. The van der Waals surface area contributed by atoms with Crippen LogP contribution in [0, 0.1) is 16.0 Å². The molecule has 0 aliphatic heterocycles. The normalized spacial score (nSPS) is 23.4. The minimum Gasteiger partial charge on any atom is -0.389 e. The van der Waals surface area contributed by atoms with Crippen molar-refractivity contribution in [3.8, 4) is 0 Å². The van der Waals surface area contributed by atoms with Crippen molar-refractivity contribution in [2.75, 3.05) is 0 Å². The van der Waals surface area contributed by atoms with Crippen LogP contribution < -0.4 is 5.32 Å². The van der Waals surface area contributed by atoms with Gasteiger partial charge in [0.1, 0.15) is 5.78 Å². The maximum Gasteiger partial charge on any atom is 0.269 e. The number of benzene rings is 2. The summed E-state index contributed by atoms with van der Waals surface area (Å²) >= 11 is 0. The van der Waals surface area contributed by atoms with Crippen molar-refractivity contribution in [2.45, 2.75) is 45.3 Å². The van der Waals surface area contributed by atoms with Crippen LogP contribution in [0.25, 0.3) is 0 Å². The number of hydrogen-bond acceptors (Lipinski definition) is 6. The number of allylic oxidation sites excluding steroid dienone is 1. The second-order valence-corrected chi connectivity index (χ2v) is 8.24. The Balaban J connectivity index is 2.15. The summed E-state index contributed by atoms with van der Waals surface area (Å²) in [6.07, 6.45) is 0.102. The molecule has 0 saturated carbocycles. The number of carbonyl (C=O) groups excluding carboxylic acids is 2. The molecule has 0 amide bonds. The van der Waals surface area contributed by atoms with E-state index in [2.05, 4.69) is 5.32 Å². The Bertz CT molecular complexity index is 1040. The first-order chi connectivity index (χ1) is 14.6. The Morgan fingerprint density at radius 1 is 1.16 bits per heavy atom. The molecular formula is C24H26N2O5. The van der Waals surface area contributed by atoms with E-state index in [-0.39, 0.29) is 23.7 Å². The number of rotatable bonds is 7. The molecule has 0 fully saturated rings. The summed E-state index contributed by atoms with van der Waals surface area (Å²) in [7, 11) is 0. The molecule has 3 atom stereocenters. The molecule has 0 radical (unpaired) electrons. The SMILES string of the molecule is CC(=O)C1=C(NCc2ccccc2)C[C@](C)(O)[C@H](C(C)=O)[C@H]1c1cccc([N+](=O)[O-])c1. The molecule has 0 aromatic heterocycles. The van der Waals surface area contributed by atoms with Gasteiger partial charge in [0.15, 0.2) is 5.78 Å². The summed E-state index contributed by atoms with van der Waals surface area (Å²) < 4.78 is 0. The molecule has 7 nitrogen and oxygen atoms in total. The van der Waals surface area contributed by atoms with Gasteiger partial charge in [-0.3, -0.25) is 19.7 Å². The van der Waals surface area contributed by atoms with E-state index in [1.807, 2.05) is 30.3 Å². The molecule has 7 heteroatoms. The monoisotopic (exact) mass is 422 g/mol. The Kier molecular flexibility index (Phi) is 6.36. The predicted octanol–water partition coefficient (Wildman–Crippen LogP) is 3.67. The molecule has 0 saturated heterocycles. The molecule has 3 rings (SSSR count). The number of aliphatic hydroxyl groups is 1. The highest BCUT2D eigenvalue weighted by Gasteiger charge is 2.49. The lowest BCUT2D eigenvalue weighted by atomic mass is 9.64. The Labute approximate surface area is 180 Å². The van der Waals surface area contributed by atoms with Gasteiger partial charge in [-0.15, -0.1) is 0 Å². The number of hydrogen-bond donors (Lipinski definition) is 2. The molecule has 31 heavy (non-hydrogen) atoms. The molecule has 1 aliphatic rings. The van der Waals surface area contributed by atoms with Crippen molar-refractivity contribution in [3.63, 3.8) is 0 Å². The molecule has 2 aromatic rings. The fourth-order valence-corrected chi connectivity index (χ4v) is 4.53. The Morgan fingerprint density at radius 2 is 1.84 bits per heavy atom. The third-order valence-corrected chi connectivity index (χ3v) is 5.78. The largest absolute Gasteiger partial charge is 0.389 e. The van der Waals surface area contributed by atoms with E-state index in [1.165, 1.54) is 32.0 Å². The van der Waals surface area contributed by atoms with E-state index in [9.17, 15) is 24.8 Å². The third-order valence-electron chi connectivity index (χ3n) is 5.78. The maximum absolute atomic E-state index is 12.8. The summed E-state index contributed by atoms with van der Waals surface area (Å²) in [5.74, 6) is -2.22. The van der Waals surface area contributed by atoms with Crippen LogP contribution in [-0.2, 0) is 16.1 Å². The topological polar surface area (TPSA) is 110 Å². The van der Waals surface area contributed by atoms with Gasteiger partial charge in [-0.2, -0.15) is 0 Å². The van der Waals surface area contributed by atoms with Gasteiger partial charge in [-0.05, 0) is 31.9 Å². The van der Waals surface area contributed by atoms with Crippen LogP contribution in [0.3, 0.4) is 0 Å². The summed E-state index contributed by atoms with van der Waals surface area (Å²) in [5.41, 5.74) is 0.820. The van der Waals surface area contributed by atoms with Gasteiger partial charge in [0.25, 0.3) is 5.69 Å². The zero-order chi connectivity index (χ0) is 22.8. The Hall–Kier alpha value is -3.32. The van der Waals surface area contributed by atoms with E-state index in [0.29, 0.717) is 23.4 Å². The van der Waals surface area contributed by atoms with Gasteiger partial charge >= 0.3 is 0 Å². The van der Waals surface area contributed by atoms with Gasteiger partial charge in [-0.1, -0.05) is 42.5 Å². The summed E-state index contributed by atoms with van der Waals surface area (Å²) in [5, 5.41) is 25.8. The van der Waals surface area contributed by atoms with Gasteiger partial charge < -0.3 is 10.4 Å². The first-order valence-electron chi connectivity index (χ1n) is 10.1. The standard InChI is InChI=1S/C24H26N2O5/c1-15(27)21-20(25-14-17-8-5-4-6-9-17)13-24(3,29)23(16(2)28)22(21)18-10-7-11-19(12-18)26(30)31/h4-12,22-23,25,29H,13-14H2,1-3H3/t22-,23+,24-/m0/s1. The highest BCUT2D eigenvalue weighted by Crippen LogP contribution is 2.47. The van der Waals surface area contributed by atoms with Crippen LogP contribution >= 0.6 is 0 Å². The first-order valence-corrected chi connectivity index (χ1v) is 10.1. The van der Waals surface area contributed by atoms with Crippen molar-refractivity contribution in [1.29, 1.82) is 0 Å². The van der Waals surface area contributed by atoms with Crippen molar-refractivity contribution < 1.29 is 19.6 Å². The molecule has 162 valence electrons. The first kappa shape index (κ1) is 22.4. The number of nitrogens with one attached hydrogen (secondary N) is 1. The molecule has 2 N–H and O–H groups in total. The molecule has 0 unspecified atom stereocenters. The third kappa shape index (κ3) is 4.72. The lowest BCUT2D eigenvalue weighted by Gasteiger charge is -2.43. The minimum absolute atomic E-state index is 0.102. The number of Topliss-reactive ketones (excluding diaryl/α,β-unsaturated/α-hetero) is 2. The number of non-ortho nitro benzene ring substituents is 1. The molecule has 0 heterocycles. The predicted molar refractivity (Wildman–Crippen MR) is 116 cm³/mol. The average Bonchev–Trinajstić information content (AvgIpc) is 2.71. The quantitative estimate of drug-likeness (QED) is 0.520. The van der Waals surface area contributed by atoms with Crippen molar-refractivity contribution in [1.82, 2.24) is 5.32 Å². The molecule has 0 bridgehead atoms. The number of nitrogens with zero attached hydrogens (tertiary/aromatic N) is 1. The van der Waals surface area contributed by atoms with Crippen LogP contribution in [0.5, 0.6) is 0 Å². The number of carbonyl (C=O) groups is 2. The summed E-state index contributed by atoms with van der Waals surface area (Å²) in [6.45, 7) is 4.81. The fraction of sp³-hybridized carbons (Fsp3) is 0.333. The number of nitro benzene ring substituents is 1. The van der Waals surface area contributed by atoms with E-state index in [4.69, 9.17) is 0 Å². The van der Waals surface area contributed by atoms with Crippen LogP contribution in [-0.4, -0.2) is 27.2 Å². The van der Waals surface area contributed by atoms with E-state index < -0.39 is 22.4 Å². The second kappa shape index (κ2) is 8.81. The van der Waals surface area contributed by atoms with E-state index in [1.54, 1.807) is 13.0 Å². The van der Waals surface area contributed by atoms with Gasteiger partial charge in [0.05, 0.1) is 16.4 Å². The van der Waals surface area contributed by atoms with Crippen molar-refractivity contribution in [2.24, 2.45) is 5.92 Å². The smallest absolute Gasteiger partial charge is 0.269 e. The van der Waals surface area contributed by atoms with Crippen molar-refractivity contribution >= 4 is 17.3 Å². The van der Waals surface area contributed by atoms with Crippen molar-refractivity contribution in [3.05, 3.63) is 87.1 Å². The van der Waals surface area contributed by atoms with Gasteiger partial charge in [-0.25, -0.2) is 0 Å². The van der Waals surface area contributed by atoms with E-state index in [0.717, 1.165) is 5.56 Å². The lowest BCUT2D eigenvalue weighted by molar-refractivity contribution is -0.384. The number of ketones is 2. The summed E-state index contributed by atoms with van der Waals surface area (Å²) in [4.78, 5) is 36.2. The zero-order valence-electron chi connectivity index (χ0n) is 17.8. The van der Waals surface area contributed by atoms with Gasteiger partial charge in [0.2, 0.25) is 0 Å². The lowest BCUT2D eigenvalue weighted by Crippen LogP contribution is -2.49. The molecule has 0 spiro atoms. The van der Waals surface area contributed by atoms with Crippen LogP contribution in [0.2, 0.25) is 0 Å². The van der Waals surface area contributed by atoms with E-state index >= 15 is 0 Å².